The van der Waals surface area contributed by atoms with Crippen molar-refractivity contribution in [2.45, 2.75) is 0 Å². The minimum atomic E-state index is 0.919. The summed E-state index contributed by atoms with van der Waals surface area (Å²) in [5, 5.41) is 4.71. The van der Waals surface area contributed by atoms with Gasteiger partial charge in [0.2, 0.25) is 0 Å². The van der Waals surface area contributed by atoms with Gasteiger partial charge < -0.3 is 9.97 Å². The van der Waals surface area contributed by atoms with Crippen LogP contribution in [0.3, 0.4) is 0 Å². The van der Waals surface area contributed by atoms with Crippen LogP contribution < -0.4 is 0 Å². The molecule has 8 rings (SSSR count). The van der Waals surface area contributed by atoms with Gasteiger partial charge in [0.05, 0.1) is 11.4 Å². The van der Waals surface area contributed by atoms with Crippen molar-refractivity contribution in [1.82, 2.24) is 19.9 Å². The van der Waals surface area contributed by atoms with E-state index in [0.29, 0.717) is 0 Å². The van der Waals surface area contributed by atoms with Crippen LogP contribution in [0.2, 0.25) is 0 Å². The first kappa shape index (κ1) is 20.9. The standard InChI is InChI=1S/C34H22N4/c1-3-7-31-25(5-1)27-17-19-29(35-33(27)37-31)23-13-9-21(10-14-23)22-11-15-24(16-12-22)30-20-18-28-26-6-2-4-8-32(26)38-34(28)36-30/h1-20H,(H,35,37)(H,36,38). The highest BCUT2D eigenvalue weighted by atomic mass is 14.9. The van der Waals surface area contributed by atoms with Crippen molar-refractivity contribution in [1.29, 1.82) is 0 Å². The normalized spacial score (nSPS) is 11.7. The third-order valence-electron chi connectivity index (χ3n) is 7.43. The molecule has 2 N–H and O–H groups in total. The molecule has 4 heterocycles. The molecule has 0 fully saturated rings. The molecule has 0 saturated carbocycles. The summed E-state index contributed by atoms with van der Waals surface area (Å²) in [4.78, 5) is 16.7. The Hall–Kier alpha value is -5.22. The lowest BCUT2D eigenvalue weighted by molar-refractivity contribution is 1.34. The molecular formula is C34H22N4. The van der Waals surface area contributed by atoms with E-state index in [1.165, 1.54) is 21.9 Å². The molecule has 0 aliphatic carbocycles. The van der Waals surface area contributed by atoms with Crippen molar-refractivity contribution in [3.63, 3.8) is 0 Å². The molecule has 8 aromatic rings. The second-order valence-electron chi connectivity index (χ2n) is 9.68. The molecule has 4 aromatic carbocycles. The van der Waals surface area contributed by atoms with Gasteiger partial charge in [0.15, 0.2) is 0 Å². The largest absolute Gasteiger partial charge is 0.339 e. The van der Waals surface area contributed by atoms with E-state index in [-0.39, 0.29) is 0 Å². The van der Waals surface area contributed by atoms with Crippen LogP contribution in [-0.4, -0.2) is 19.9 Å². The number of aromatic nitrogens is 4. The van der Waals surface area contributed by atoms with Crippen LogP contribution in [0.1, 0.15) is 0 Å². The molecule has 0 bridgehead atoms. The maximum atomic E-state index is 4.90. The lowest BCUT2D eigenvalue weighted by atomic mass is 10.0. The van der Waals surface area contributed by atoms with Gasteiger partial charge in [-0.2, -0.15) is 0 Å². The fourth-order valence-electron chi connectivity index (χ4n) is 5.44. The zero-order valence-corrected chi connectivity index (χ0v) is 20.4. The van der Waals surface area contributed by atoms with Crippen molar-refractivity contribution in [2.75, 3.05) is 0 Å². The monoisotopic (exact) mass is 486 g/mol. The average molecular weight is 487 g/mol. The summed E-state index contributed by atoms with van der Waals surface area (Å²) in [7, 11) is 0. The van der Waals surface area contributed by atoms with Gasteiger partial charge >= 0.3 is 0 Å². The predicted octanol–water partition coefficient (Wildman–Crippen LogP) is 8.75. The minimum absolute atomic E-state index is 0.919. The Labute approximate surface area is 218 Å². The SMILES string of the molecule is c1ccc2c(c1)[nH]c1nc(-c3ccc(-c4ccc(-c5ccc6c(n5)[nH]c5ccccc56)cc4)cc3)ccc12. The van der Waals surface area contributed by atoms with Gasteiger partial charge in [-0.25, -0.2) is 9.97 Å². The van der Waals surface area contributed by atoms with E-state index in [4.69, 9.17) is 9.97 Å². The number of nitrogens with one attached hydrogen (secondary N) is 2. The lowest BCUT2D eigenvalue weighted by Gasteiger charge is -2.07. The molecule has 4 heteroatoms. The molecule has 0 aliphatic heterocycles. The topological polar surface area (TPSA) is 57.4 Å². The van der Waals surface area contributed by atoms with E-state index >= 15 is 0 Å². The Morgan fingerprint density at radius 3 is 1.18 bits per heavy atom. The number of nitrogens with zero attached hydrogens (tertiary/aromatic N) is 2. The maximum Gasteiger partial charge on any atom is 0.139 e. The number of benzene rings is 4. The number of rotatable bonds is 3. The molecule has 4 nitrogen and oxygen atoms in total. The Morgan fingerprint density at radius 1 is 0.342 bits per heavy atom. The first-order valence-corrected chi connectivity index (χ1v) is 12.8. The molecule has 0 amide bonds. The molecular weight excluding hydrogens is 464 g/mol. The average Bonchev–Trinajstić information content (AvgIpc) is 3.54. The van der Waals surface area contributed by atoms with Gasteiger partial charge in [-0.15, -0.1) is 0 Å². The number of hydrogen-bond donors (Lipinski definition) is 2. The van der Waals surface area contributed by atoms with Crippen LogP contribution in [0, 0.1) is 0 Å². The van der Waals surface area contributed by atoms with Crippen molar-refractivity contribution in [2.24, 2.45) is 0 Å². The number of para-hydroxylation sites is 2. The zero-order valence-electron chi connectivity index (χ0n) is 20.4. The Bertz CT molecular complexity index is 1960. The van der Waals surface area contributed by atoms with E-state index < -0.39 is 0 Å². The highest BCUT2D eigenvalue weighted by Gasteiger charge is 2.09. The third-order valence-corrected chi connectivity index (χ3v) is 7.43. The summed E-state index contributed by atoms with van der Waals surface area (Å²) in [5.41, 5.74) is 10.5. The molecule has 0 radical (unpaired) electrons. The Balaban J connectivity index is 1.08. The number of fused-ring (bicyclic) bond motifs is 6. The first-order chi connectivity index (χ1) is 18.8. The zero-order chi connectivity index (χ0) is 25.1. The lowest BCUT2D eigenvalue weighted by Crippen LogP contribution is -1.86. The molecule has 0 spiro atoms. The summed E-state index contributed by atoms with van der Waals surface area (Å²) < 4.78 is 0. The van der Waals surface area contributed by atoms with Gasteiger partial charge in [-0.05, 0) is 47.5 Å². The minimum Gasteiger partial charge on any atom is -0.339 e. The first-order valence-electron chi connectivity index (χ1n) is 12.8. The maximum absolute atomic E-state index is 4.90. The molecule has 0 saturated heterocycles. The van der Waals surface area contributed by atoms with Crippen LogP contribution in [-0.2, 0) is 0 Å². The van der Waals surface area contributed by atoms with Crippen LogP contribution in [0.4, 0.5) is 0 Å². The summed E-state index contributed by atoms with van der Waals surface area (Å²) in [6.07, 6.45) is 0. The van der Waals surface area contributed by atoms with Crippen molar-refractivity contribution < 1.29 is 0 Å². The molecule has 38 heavy (non-hydrogen) atoms. The van der Waals surface area contributed by atoms with Crippen molar-refractivity contribution >= 4 is 43.9 Å². The van der Waals surface area contributed by atoms with E-state index in [9.17, 15) is 0 Å². The Kier molecular flexibility index (Phi) is 4.49. The molecule has 0 atom stereocenters. The fourth-order valence-corrected chi connectivity index (χ4v) is 5.44. The molecule has 0 aliphatic rings. The summed E-state index contributed by atoms with van der Waals surface area (Å²) in [6.45, 7) is 0. The summed E-state index contributed by atoms with van der Waals surface area (Å²) in [5.74, 6) is 0. The fraction of sp³-hybridized carbons (Fsp3) is 0. The highest BCUT2D eigenvalue weighted by Crippen LogP contribution is 2.31. The van der Waals surface area contributed by atoms with Gasteiger partial charge in [0.25, 0.3) is 0 Å². The Morgan fingerprint density at radius 2 is 0.737 bits per heavy atom. The van der Waals surface area contributed by atoms with E-state index in [1.807, 2.05) is 12.1 Å². The number of H-pyrrole nitrogens is 2. The van der Waals surface area contributed by atoms with Crippen LogP contribution in [0.25, 0.3) is 77.5 Å². The van der Waals surface area contributed by atoms with E-state index in [1.54, 1.807) is 0 Å². The smallest absolute Gasteiger partial charge is 0.139 e. The number of hydrogen-bond acceptors (Lipinski definition) is 2. The third kappa shape index (κ3) is 3.31. The second-order valence-corrected chi connectivity index (χ2v) is 9.68. The molecule has 4 aromatic heterocycles. The van der Waals surface area contributed by atoms with Crippen LogP contribution >= 0.6 is 0 Å². The van der Waals surface area contributed by atoms with Gasteiger partial charge in [0.1, 0.15) is 11.3 Å². The number of aromatic amines is 2. The summed E-state index contributed by atoms with van der Waals surface area (Å²) in [6, 6.07) is 42.4. The highest BCUT2D eigenvalue weighted by molar-refractivity contribution is 6.07. The second kappa shape index (κ2) is 8.15. The quantitative estimate of drug-likeness (QED) is 0.262. The van der Waals surface area contributed by atoms with E-state index in [2.05, 4.69) is 119 Å². The predicted molar refractivity (Wildman–Crippen MR) is 157 cm³/mol. The number of pyridine rings is 2. The van der Waals surface area contributed by atoms with Crippen molar-refractivity contribution in [3.05, 3.63) is 121 Å². The van der Waals surface area contributed by atoms with Gasteiger partial charge in [-0.1, -0.05) is 84.9 Å². The van der Waals surface area contributed by atoms with Gasteiger partial charge in [0, 0.05) is 43.7 Å². The van der Waals surface area contributed by atoms with Crippen LogP contribution in [0.15, 0.2) is 121 Å². The molecule has 0 unspecified atom stereocenters. The molecule has 178 valence electrons. The van der Waals surface area contributed by atoms with Gasteiger partial charge in [-0.3, -0.25) is 0 Å². The van der Waals surface area contributed by atoms with Crippen molar-refractivity contribution in [3.8, 4) is 33.6 Å². The van der Waals surface area contributed by atoms with E-state index in [0.717, 1.165) is 55.6 Å². The summed E-state index contributed by atoms with van der Waals surface area (Å²) >= 11 is 0. The van der Waals surface area contributed by atoms with Crippen LogP contribution in [0.5, 0.6) is 0 Å².